The number of ketones is 1. The minimum absolute atomic E-state index is 0.263. The van der Waals surface area contributed by atoms with Crippen LogP contribution in [0.3, 0.4) is 0 Å². The van der Waals surface area contributed by atoms with E-state index >= 15 is 0 Å². The van der Waals surface area contributed by atoms with E-state index in [-0.39, 0.29) is 5.78 Å². The van der Waals surface area contributed by atoms with E-state index in [1.165, 1.54) is 18.3 Å². The molecular formula is C16H13Cl2NO2. The molecule has 2 aromatic rings. The van der Waals surface area contributed by atoms with Gasteiger partial charge >= 0.3 is 0 Å². The normalized spacial score (nSPS) is 10.8. The lowest BCUT2D eigenvalue weighted by Gasteiger charge is -2.11. The molecule has 21 heavy (non-hydrogen) atoms. The molecular weight excluding hydrogens is 309 g/mol. The first kappa shape index (κ1) is 15.6. The number of benzene rings is 2. The maximum absolute atomic E-state index is 11.9. The second-order valence-electron chi connectivity index (χ2n) is 4.39. The predicted octanol–water partition coefficient (Wildman–Crippen LogP) is 4.58. The van der Waals surface area contributed by atoms with Gasteiger partial charge in [-0.05, 0) is 23.8 Å². The Bertz CT molecular complexity index is 657. The highest BCUT2D eigenvalue weighted by atomic mass is 35.5. The van der Waals surface area contributed by atoms with Gasteiger partial charge in [-0.25, -0.2) is 0 Å². The quantitative estimate of drug-likeness (QED) is 0.497. The molecule has 0 saturated carbocycles. The summed E-state index contributed by atoms with van der Waals surface area (Å²) in [5, 5.41) is 11.4. The first-order valence-corrected chi connectivity index (χ1v) is 6.99. The Balaban J connectivity index is 1.99. The first-order valence-electron chi connectivity index (χ1n) is 6.23. The van der Waals surface area contributed by atoms with E-state index in [9.17, 15) is 10.0 Å². The van der Waals surface area contributed by atoms with Crippen molar-refractivity contribution in [2.24, 2.45) is 0 Å². The molecule has 0 aromatic heterocycles. The van der Waals surface area contributed by atoms with Gasteiger partial charge in [0.2, 0.25) is 0 Å². The van der Waals surface area contributed by atoms with Crippen LogP contribution in [-0.4, -0.2) is 16.1 Å². The fraction of sp³-hybridized carbons (Fsp3) is 0.0625. The molecule has 0 spiro atoms. The minimum Gasteiger partial charge on any atom is -0.289 e. The van der Waals surface area contributed by atoms with Crippen molar-refractivity contribution in [3.8, 4) is 0 Å². The maximum atomic E-state index is 11.9. The van der Waals surface area contributed by atoms with Crippen LogP contribution in [-0.2, 0) is 6.54 Å². The number of nitrogens with zero attached hydrogens (tertiary/aromatic N) is 1. The number of hydrogen-bond acceptors (Lipinski definition) is 3. The van der Waals surface area contributed by atoms with Crippen LogP contribution in [0.1, 0.15) is 15.9 Å². The molecule has 0 radical (unpaired) electrons. The maximum Gasteiger partial charge on any atom is 0.187 e. The fourth-order valence-corrected chi connectivity index (χ4v) is 2.02. The van der Waals surface area contributed by atoms with Gasteiger partial charge in [-0.3, -0.25) is 15.1 Å². The summed E-state index contributed by atoms with van der Waals surface area (Å²) < 4.78 is 0. The molecule has 0 aliphatic heterocycles. The molecule has 3 nitrogen and oxygen atoms in total. The molecule has 0 aliphatic rings. The molecule has 0 heterocycles. The summed E-state index contributed by atoms with van der Waals surface area (Å²) in [7, 11) is 0. The number of rotatable bonds is 5. The van der Waals surface area contributed by atoms with Crippen LogP contribution >= 0.6 is 23.2 Å². The number of allylic oxidation sites excluding steroid dienone is 1. The topological polar surface area (TPSA) is 40.5 Å². The predicted molar refractivity (Wildman–Crippen MR) is 83.7 cm³/mol. The SMILES string of the molecule is O=C(/C=C\N(O)Cc1ccccc1)c1ccc(Cl)c(Cl)c1. The standard InChI is InChI=1S/C16H13Cl2NO2/c17-14-7-6-13(10-15(14)18)16(20)8-9-19(21)11-12-4-2-1-3-5-12/h1-10,21H,11H2/b9-8-. The Morgan fingerprint density at radius 2 is 1.81 bits per heavy atom. The van der Waals surface area contributed by atoms with Gasteiger partial charge in [-0.2, -0.15) is 0 Å². The summed E-state index contributed by atoms with van der Waals surface area (Å²) in [6, 6.07) is 14.1. The van der Waals surface area contributed by atoms with Gasteiger partial charge in [-0.1, -0.05) is 53.5 Å². The molecule has 0 aliphatic carbocycles. The van der Waals surface area contributed by atoms with Crippen LogP contribution < -0.4 is 0 Å². The third kappa shape index (κ3) is 4.60. The van der Waals surface area contributed by atoms with Crippen LogP contribution in [0.25, 0.3) is 0 Å². The van der Waals surface area contributed by atoms with Crippen molar-refractivity contribution in [2.75, 3.05) is 0 Å². The lowest BCUT2D eigenvalue weighted by molar-refractivity contribution is -0.0491. The Hall–Kier alpha value is -1.81. The Kier molecular flexibility index (Phi) is 5.39. The van der Waals surface area contributed by atoms with E-state index in [4.69, 9.17) is 23.2 Å². The van der Waals surface area contributed by atoms with E-state index in [1.54, 1.807) is 12.1 Å². The minimum atomic E-state index is -0.263. The Labute approximate surface area is 133 Å². The van der Waals surface area contributed by atoms with Crippen molar-refractivity contribution in [3.05, 3.63) is 82.0 Å². The van der Waals surface area contributed by atoms with E-state index in [1.807, 2.05) is 30.3 Å². The van der Waals surface area contributed by atoms with Crippen molar-refractivity contribution in [2.45, 2.75) is 6.54 Å². The third-order valence-electron chi connectivity index (χ3n) is 2.79. The van der Waals surface area contributed by atoms with E-state index < -0.39 is 0 Å². The summed E-state index contributed by atoms with van der Waals surface area (Å²) in [5.74, 6) is -0.263. The number of hydroxylamine groups is 2. The Morgan fingerprint density at radius 3 is 2.48 bits per heavy atom. The number of carbonyl (C=O) groups excluding carboxylic acids is 1. The van der Waals surface area contributed by atoms with Gasteiger partial charge in [0.05, 0.1) is 16.6 Å². The summed E-state index contributed by atoms with van der Waals surface area (Å²) in [5.41, 5.74) is 1.35. The first-order chi connectivity index (χ1) is 10.1. The van der Waals surface area contributed by atoms with E-state index in [0.29, 0.717) is 22.2 Å². The molecule has 0 atom stereocenters. The Morgan fingerprint density at radius 1 is 1.10 bits per heavy atom. The molecule has 2 rings (SSSR count). The highest BCUT2D eigenvalue weighted by Crippen LogP contribution is 2.22. The zero-order chi connectivity index (χ0) is 15.2. The van der Waals surface area contributed by atoms with Gasteiger partial charge < -0.3 is 0 Å². The molecule has 0 fully saturated rings. The zero-order valence-electron chi connectivity index (χ0n) is 11.0. The summed E-state index contributed by atoms with van der Waals surface area (Å²) in [6.45, 7) is 0.298. The van der Waals surface area contributed by atoms with Gasteiger partial charge in [0.25, 0.3) is 0 Å². The molecule has 5 heteroatoms. The van der Waals surface area contributed by atoms with Crippen LogP contribution in [0, 0.1) is 0 Å². The average molecular weight is 322 g/mol. The fourth-order valence-electron chi connectivity index (χ4n) is 1.72. The van der Waals surface area contributed by atoms with Crippen molar-refractivity contribution >= 4 is 29.0 Å². The van der Waals surface area contributed by atoms with Gasteiger partial charge in [0, 0.05) is 17.8 Å². The van der Waals surface area contributed by atoms with Crippen LogP contribution in [0.15, 0.2) is 60.8 Å². The molecule has 2 aromatic carbocycles. The summed E-state index contributed by atoms with van der Waals surface area (Å²) in [6.07, 6.45) is 2.60. The molecule has 108 valence electrons. The average Bonchev–Trinajstić information content (AvgIpc) is 2.48. The zero-order valence-corrected chi connectivity index (χ0v) is 12.6. The monoisotopic (exact) mass is 321 g/mol. The smallest absolute Gasteiger partial charge is 0.187 e. The second kappa shape index (κ2) is 7.27. The van der Waals surface area contributed by atoms with E-state index in [0.717, 1.165) is 10.6 Å². The summed E-state index contributed by atoms with van der Waals surface area (Å²) in [4.78, 5) is 11.9. The van der Waals surface area contributed by atoms with Gasteiger partial charge in [-0.15, -0.1) is 0 Å². The largest absolute Gasteiger partial charge is 0.289 e. The molecule has 0 unspecified atom stereocenters. The van der Waals surface area contributed by atoms with Crippen molar-refractivity contribution in [3.63, 3.8) is 0 Å². The van der Waals surface area contributed by atoms with Gasteiger partial charge in [0.1, 0.15) is 0 Å². The van der Waals surface area contributed by atoms with E-state index in [2.05, 4.69) is 0 Å². The molecule has 0 bridgehead atoms. The molecule has 0 saturated heterocycles. The van der Waals surface area contributed by atoms with Crippen LogP contribution in [0.5, 0.6) is 0 Å². The second-order valence-corrected chi connectivity index (χ2v) is 5.21. The lowest BCUT2D eigenvalue weighted by Crippen LogP contribution is -2.11. The number of carbonyl (C=O) groups is 1. The van der Waals surface area contributed by atoms with Crippen molar-refractivity contribution in [1.29, 1.82) is 0 Å². The van der Waals surface area contributed by atoms with Crippen LogP contribution in [0.2, 0.25) is 10.0 Å². The van der Waals surface area contributed by atoms with Crippen molar-refractivity contribution in [1.82, 2.24) is 5.06 Å². The highest BCUT2D eigenvalue weighted by Gasteiger charge is 2.05. The van der Waals surface area contributed by atoms with Gasteiger partial charge in [0.15, 0.2) is 5.78 Å². The third-order valence-corrected chi connectivity index (χ3v) is 3.53. The molecule has 0 amide bonds. The summed E-state index contributed by atoms with van der Waals surface area (Å²) >= 11 is 11.7. The van der Waals surface area contributed by atoms with Crippen LogP contribution in [0.4, 0.5) is 0 Å². The number of halogens is 2. The number of hydrogen-bond donors (Lipinski definition) is 1. The molecule has 1 N–H and O–H groups in total. The highest BCUT2D eigenvalue weighted by molar-refractivity contribution is 6.42. The lowest BCUT2D eigenvalue weighted by atomic mass is 10.1. The van der Waals surface area contributed by atoms with Crippen molar-refractivity contribution < 1.29 is 10.0 Å².